The number of H-pyrrole nitrogens is 1. The van der Waals surface area contributed by atoms with Crippen LogP contribution < -0.4 is 29.1 Å². The van der Waals surface area contributed by atoms with Crippen LogP contribution in [0.2, 0.25) is 0 Å². The van der Waals surface area contributed by atoms with Crippen LogP contribution in [-0.2, 0) is 14.8 Å². The number of aromatic amines is 1. The number of likely N-dealkylation sites (tertiary alicyclic amines) is 1. The lowest BCUT2D eigenvalue weighted by Gasteiger charge is -2.56. The second-order valence-electron chi connectivity index (χ2n) is 21.4. The molecule has 18 heteroatoms. The first kappa shape index (κ1) is 49.6. The molecule has 72 heavy (non-hydrogen) atoms. The molecular formula is C54H67N7O10S. The van der Waals surface area contributed by atoms with Crippen LogP contribution in [0.1, 0.15) is 125 Å². The Labute approximate surface area is 421 Å². The third-order valence-corrected chi connectivity index (χ3v) is 17.4. The second-order valence-corrected chi connectivity index (χ2v) is 23.1. The van der Waals surface area contributed by atoms with Gasteiger partial charge in [-0.3, -0.25) is 19.8 Å². The van der Waals surface area contributed by atoms with Crippen molar-refractivity contribution in [1.29, 1.82) is 0 Å². The third-order valence-electron chi connectivity index (χ3n) is 16.1. The monoisotopic (exact) mass is 1010 g/mol. The Morgan fingerprint density at radius 3 is 2.53 bits per heavy atom. The number of methoxy groups -OCH3 is 1. The number of carbonyl (C=O) groups is 1. The Morgan fingerprint density at radius 2 is 1.78 bits per heavy atom. The lowest BCUT2D eigenvalue weighted by molar-refractivity contribution is -0.384. The van der Waals surface area contributed by atoms with Crippen molar-refractivity contribution < 1.29 is 42.2 Å². The fraction of sp³-hybridized carbons (Fsp3) is 0.519. The Morgan fingerprint density at radius 1 is 1.00 bits per heavy atom. The van der Waals surface area contributed by atoms with Crippen molar-refractivity contribution in [2.45, 2.75) is 126 Å². The van der Waals surface area contributed by atoms with Gasteiger partial charge < -0.3 is 39.3 Å². The first-order valence-corrected chi connectivity index (χ1v) is 27.1. The van der Waals surface area contributed by atoms with Crippen LogP contribution in [0.15, 0.2) is 77.8 Å². The fourth-order valence-corrected chi connectivity index (χ4v) is 13.0. The highest BCUT2D eigenvalue weighted by Gasteiger charge is 2.50. The molecule has 17 nitrogen and oxygen atoms in total. The minimum atomic E-state index is -4.71. The molecule has 1 amide bonds. The third kappa shape index (κ3) is 10.3. The molecule has 2 saturated carbocycles. The van der Waals surface area contributed by atoms with E-state index in [4.69, 9.17) is 18.9 Å². The van der Waals surface area contributed by atoms with Gasteiger partial charge in [0.1, 0.15) is 24.6 Å². The number of piperidine rings is 1. The number of nitro groups is 1. The summed E-state index contributed by atoms with van der Waals surface area (Å²) in [7, 11) is -3.16. The van der Waals surface area contributed by atoms with E-state index in [1.165, 1.54) is 42.9 Å². The number of carbonyl (C=O) groups excluding carboxylic acids is 1. The fourth-order valence-electron chi connectivity index (χ4n) is 12.0. The first-order valence-electron chi connectivity index (χ1n) is 25.6. The van der Waals surface area contributed by atoms with Crippen LogP contribution in [0.25, 0.3) is 11.0 Å². The van der Waals surface area contributed by atoms with Gasteiger partial charge in [-0.15, -0.1) is 0 Å². The molecule has 5 aromatic rings. The van der Waals surface area contributed by atoms with E-state index in [1.54, 1.807) is 37.6 Å². The number of nitrogens with one attached hydrogen (secondary N) is 3. The van der Waals surface area contributed by atoms with E-state index in [0.717, 1.165) is 62.5 Å². The number of aromatic nitrogens is 2. The number of nitro benzene ring substituents is 1. The summed E-state index contributed by atoms with van der Waals surface area (Å²) in [5.74, 6) is 0.173. The average Bonchev–Trinajstić information content (AvgIpc) is 4.03. The van der Waals surface area contributed by atoms with Crippen LogP contribution in [0.3, 0.4) is 0 Å². The van der Waals surface area contributed by atoms with Crippen molar-refractivity contribution in [2.24, 2.45) is 11.3 Å². The molecule has 3 aromatic carbocycles. The van der Waals surface area contributed by atoms with Gasteiger partial charge in [0.2, 0.25) is 0 Å². The van der Waals surface area contributed by atoms with Gasteiger partial charge in [-0.25, -0.2) is 13.1 Å². The number of nitrogens with zero attached hydrogens (tertiary/aromatic N) is 4. The Hall–Kier alpha value is -5.95. The van der Waals surface area contributed by atoms with E-state index in [9.17, 15) is 28.4 Å². The van der Waals surface area contributed by atoms with Crippen LogP contribution >= 0.6 is 0 Å². The van der Waals surface area contributed by atoms with Crippen LogP contribution in [0, 0.1) is 21.4 Å². The lowest BCUT2D eigenvalue weighted by atomic mass is 9.59. The summed E-state index contributed by atoms with van der Waals surface area (Å²) in [4.78, 5) is 38.5. The van der Waals surface area contributed by atoms with Gasteiger partial charge in [-0.05, 0) is 137 Å². The highest BCUT2D eigenvalue weighted by Crippen LogP contribution is 2.54. The Kier molecular flexibility index (Phi) is 13.9. The molecule has 0 unspecified atom stereocenters. The molecule has 4 N–H and O–H groups in total. The minimum Gasteiger partial charge on any atom is -0.489 e. The number of ether oxygens (including phenoxy) is 4. The molecular weight excluding hydrogens is 939 g/mol. The molecule has 384 valence electrons. The first-order chi connectivity index (χ1) is 34.6. The molecule has 5 heterocycles. The summed E-state index contributed by atoms with van der Waals surface area (Å²) in [6.45, 7) is 9.73. The Balaban J connectivity index is 0.880. The van der Waals surface area contributed by atoms with Gasteiger partial charge in [0.05, 0.1) is 33.6 Å². The molecule has 5 aliphatic rings. The van der Waals surface area contributed by atoms with Gasteiger partial charge >= 0.3 is 0 Å². The van der Waals surface area contributed by atoms with Crippen LogP contribution in [-0.4, -0.2) is 103 Å². The van der Waals surface area contributed by atoms with E-state index in [0.29, 0.717) is 48.8 Å². The molecule has 2 aliphatic carbocycles. The largest absolute Gasteiger partial charge is 0.489 e. The molecule has 2 aromatic heterocycles. The van der Waals surface area contributed by atoms with E-state index in [-0.39, 0.29) is 65.7 Å². The summed E-state index contributed by atoms with van der Waals surface area (Å²) < 4.78 is 54.2. The molecule has 10 rings (SSSR count). The zero-order chi connectivity index (χ0) is 50.4. The number of benzene rings is 3. The highest BCUT2D eigenvalue weighted by atomic mass is 32.2. The molecule has 4 fully saturated rings. The van der Waals surface area contributed by atoms with Gasteiger partial charge in [0.15, 0.2) is 17.2 Å². The van der Waals surface area contributed by atoms with Gasteiger partial charge in [-0.2, -0.15) is 4.98 Å². The zero-order valence-electron chi connectivity index (χ0n) is 41.7. The SMILES string of the molecule is COCCOc1nc2[nH]ccc2cc1Oc1cc(N2CCC3(CC2)CC(N2CCC[C@H]2c2ccccc2C(C)C)C3)ccc1C(=O)NS(=O)(=O)c1cc2c(c([N+](=O)[O-])c1)N[C@@H](C[C@H]1CC[C@](C)(O)CC1)CO2. The summed E-state index contributed by atoms with van der Waals surface area (Å²) in [5.41, 5.74) is 3.36. The summed E-state index contributed by atoms with van der Waals surface area (Å²) in [6.07, 6.45) is 12.2. The van der Waals surface area contributed by atoms with Crippen molar-refractivity contribution in [3.63, 3.8) is 0 Å². The van der Waals surface area contributed by atoms with Crippen LogP contribution in [0.5, 0.6) is 23.1 Å². The summed E-state index contributed by atoms with van der Waals surface area (Å²) in [6, 6.07) is 20.5. The van der Waals surface area contributed by atoms with E-state index < -0.39 is 37.0 Å². The summed E-state index contributed by atoms with van der Waals surface area (Å²) in [5, 5.41) is 26.9. The number of hydrogen-bond acceptors (Lipinski definition) is 14. The average molecular weight is 1010 g/mol. The Bertz CT molecular complexity index is 2920. The second kappa shape index (κ2) is 20.2. The normalized spacial score (nSPS) is 23.3. The standard InChI is InChI=1S/C54H67N7O10S/c1-34(2)41-8-5-6-9-42(41)44-10-7-21-60(44)39-31-54(32-39)18-22-59(23-19-54)38-11-12-43(46(28-38)71-48-27-36-15-20-55-50(36)57-52(48)69-25-24-68-4)51(62)58-72(66,67)40-29-45(61(64)65)49-47(30-40)70-33-37(56-49)26-35-13-16-53(3,63)17-14-35/h5-6,8-9,11-12,15,20,27-30,34-35,37,39,44,56,63H,7,10,13-14,16-19,21-26,31-33H2,1-4H3,(H,55,57)(H,58,62)/t35-,37-,44-,53-/m0/s1. The van der Waals surface area contributed by atoms with Crippen molar-refractivity contribution in [3.05, 3.63) is 99.7 Å². The predicted octanol–water partition coefficient (Wildman–Crippen LogP) is 9.62. The molecule has 1 spiro atoms. The molecule has 0 bridgehead atoms. The molecule has 0 radical (unpaired) electrons. The quantitative estimate of drug-likeness (QED) is 0.0412. The smallest absolute Gasteiger partial charge is 0.297 e. The topological polar surface area (TPSA) is 211 Å². The van der Waals surface area contributed by atoms with Crippen molar-refractivity contribution >= 4 is 44.0 Å². The number of anilines is 2. The number of pyridine rings is 1. The maximum atomic E-state index is 14.4. The van der Waals surface area contributed by atoms with Crippen molar-refractivity contribution in [1.82, 2.24) is 19.6 Å². The van der Waals surface area contributed by atoms with E-state index in [1.807, 2.05) is 13.0 Å². The maximum Gasteiger partial charge on any atom is 0.297 e. The highest BCUT2D eigenvalue weighted by molar-refractivity contribution is 7.90. The number of amides is 1. The van der Waals surface area contributed by atoms with Crippen molar-refractivity contribution in [2.75, 3.05) is 56.8 Å². The number of hydrogen-bond donors (Lipinski definition) is 4. The number of aliphatic hydroxyl groups is 1. The molecule has 2 saturated heterocycles. The van der Waals surface area contributed by atoms with Crippen LogP contribution in [0.4, 0.5) is 17.1 Å². The predicted molar refractivity (Wildman–Crippen MR) is 274 cm³/mol. The van der Waals surface area contributed by atoms with E-state index >= 15 is 0 Å². The zero-order valence-corrected chi connectivity index (χ0v) is 42.5. The molecule has 2 atom stereocenters. The minimum absolute atomic E-state index is 0.00439. The number of fused-ring (bicyclic) bond motifs is 2. The number of sulfonamides is 1. The summed E-state index contributed by atoms with van der Waals surface area (Å²) >= 11 is 0. The van der Waals surface area contributed by atoms with Gasteiger partial charge in [0, 0.05) is 67.8 Å². The maximum absolute atomic E-state index is 14.4. The lowest BCUT2D eigenvalue weighted by Crippen LogP contribution is -2.54. The van der Waals surface area contributed by atoms with Gasteiger partial charge in [0.25, 0.3) is 27.5 Å². The van der Waals surface area contributed by atoms with Crippen molar-refractivity contribution in [3.8, 4) is 23.1 Å². The molecule has 3 aliphatic heterocycles. The van der Waals surface area contributed by atoms with Gasteiger partial charge in [-0.1, -0.05) is 38.1 Å². The number of rotatable bonds is 16. The van der Waals surface area contributed by atoms with E-state index in [2.05, 4.69) is 67.9 Å².